The fourth-order valence-corrected chi connectivity index (χ4v) is 4.75. The zero-order valence-corrected chi connectivity index (χ0v) is 19.1. The van der Waals surface area contributed by atoms with Gasteiger partial charge >= 0.3 is 12.1 Å². The van der Waals surface area contributed by atoms with Gasteiger partial charge in [-0.15, -0.1) is 11.3 Å². The molecule has 3 heterocycles. The van der Waals surface area contributed by atoms with Crippen LogP contribution in [-0.2, 0) is 4.74 Å². The largest absolute Gasteiger partial charge is 0.478 e. The number of ether oxygens (including phenoxy) is 2. The summed E-state index contributed by atoms with van der Waals surface area (Å²) in [6.07, 6.45) is 0.946. The van der Waals surface area contributed by atoms with Gasteiger partial charge < -0.3 is 25.4 Å². The van der Waals surface area contributed by atoms with E-state index in [-0.39, 0.29) is 38.3 Å². The fourth-order valence-electron chi connectivity index (χ4n) is 3.17. The second-order valence-corrected chi connectivity index (χ2v) is 8.49. The number of carbonyl (C=O) groups is 2. The van der Waals surface area contributed by atoms with Gasteiger partial charge in [0.1, 0.15) is 18.2 Å². The number of carbonyl (C=O) groups excluding carboxylic acids is 2. The molecule has 1 atom stereocenters. The van der Waals surface area contributed by atoms with Crippen molar-refractivity contribution in [1.82, 2.24) is 4.98 Å². The molecule has 0 saturated heterocycles. The Bertz CT molecular complexity index is 1400. The van der Waals surface area contributed by atoms with Crippen LogP contribution in [0.4, 0.5) is 15.0 Å². The van der Waals surface area contributed by atoms with Crippen molar-refractivity contribution in [3.05, 3.63) is 63.0 Å². The fraction of sp³-hybridized carbons (Fsp3) is 0.0952. The number of nitrogens with two attached hydrogens (primary N) is 2. The summed E-state index contributed by atoms with van der Waals surface area (Å²) in [4.78, 5) is 27.5. The van der Waals surface area contributed by atoms with E-state index in [0.717, 1.165) is 6.07 Å². The molecule has 0 radical (unpaired) electrons. The maximum absolute atomic E-state index is 14.0. The number of hydrogen-bond acceptors (Lipinski definition) is 8. The van der Waals surface area contributed by atoms with Crippen molar-refractivity contribution in [2.24, 2.45) is 5.73 Å². The third kappa shape index (κ3) is 4.32. The van der Waals surface area contributed by atoms with Crippen molar-refractivity contribution in [2.45, 2.75) is 13.0 Å². The van der Waals surface area contributed by atoms with Gasteiger partial charge in [-0.2, -0.15) is 0 Å². The van der Waals surface area contributed by atoms with E-state index in [0.29, 0.717) is 15.8 Å². The van der Waals surface area contributed by atoms with E-state index in [9.17, 15) is 14.0 Å². The molecule has 12 heteroatoms. The number of rotatable bonds is 5. The number of hydrogen-bond donors (Lipinski definition) is 2. The molecule has 0 spiro atoms. The van der Waals surface area contributed by atoms with Crippen molar-refractivity contribution in [1.29, 1.82) is 0 Å². The number of fused-ring (bicyclic) bond motifs is 1. The molecule has 8 nitrogen and oxygen atoms in total. The summed E-state index contributed by atoms with van der Waals surface area (Å²) in [6.45, 7) is 1.63. The standard InChI is InChI=1S/C21H14Cl2FN3O5S/c1-8(15-12(22)2-3-13(24)16(15)23)31-18-17-10(5-27-19(18)25)11(6-30-17)14-4-9(7-33-14)20(28)32-21(26)29/h2-8H,1H3,(H2,25,27)(H2,26,29). The Morgan fingerprint density at radius 1 is 1.30 bits per heavy atom. The number of furan rings is 1. The average molecular weight is 510 g/mol. The number of aromatic nitrogens is 1. The van der Waals surface area contributed by atoms with Crippen LogP contribution >= 0.6 is 34.5 Å². The summed E-state index contributed by atoms with van der Waals surface area (Å²) >= 11 is 13.5. The molecular weight excluding hydrogens is 496 g/mol. The maximum atomic E-state index is 14.0. The predicted octanol–water partition coefficient (Wildman–Crippen LogP) is 5.96. The summed E-state index contributed by atoms with van der Waals surface area (Å²) in [5.41, 5.74) is 12.2. The lowest BCUT2D eigenvalue weighted by molar-refractivity contribution is 0.0639. The summed E-state index contributed by atoms with van der Waals surface area (Å²) in [5.74, 6) is -1.36. The van der Waals surface area contributed by atoms with Gasteiger partial charge in [-0.25, -0.2) is 19.0 Å². The third-order valence-corrected chi connectivity index (χ3v) is 6.35. The molecule has 0 aliphatic carbocycles. The van der Waals surface area contributed by atoms with Gasteiger partial charge in [0.25, 0.3) is 0 Å². The molecule has 33 heavy (non-hydrogen) atoms. The second-order valence-electron chi connectivity index (χ2n) is 6.79. The van der Waals surface area contributed by atoms with Crippen molar-refractivity contribution in [3.63, 3.8) is 0 Å². The summed E-state index contributed by atoms with van der Waals surface area (Å²) < 4.78 is 30.0. The molecule has 0 fully saturated rings. The van der Waals surface area contributed by atoms with Gasteiger partial charge in [0.15, 0.2) is 11.4 Å². The van der Waals surface area contributed by atoms with Crippen LogP contribution in [0.15, 0.2) is 40.5 Å². The highest BCUT2D eigenvalue weighted by atomic mass is 35.5. The molecule has 4 aromatic rings. The van der Waals surface area contributed by atoms with E-state index in [4.69, 9.17) is 43.8 Å². The van der Waals surface area contributed by atoms with E-state index in [2.05, 4.69) is 9.72 Å². The molecule has 3 aromatic heterocycles. The Kier molecular flexibility index (Phi) is 6.15. The highest BCUT2D eigenvalue weighted by Gasteiger charge is 2.24. The first-order valence-electron chi connectivity index (χ1n) is 9.23. The number of anilines is 1. The zero-order valence-electron chi connectivity index (χ0n) is 16.7. The summed E-state index contributed by atoms with van der Waals surface area (Å²) in [7, 11) is 0. The van der Waals surface area contributed by atoms with Gasteiger partial charge in [0.2, 0.25) is 5.75 Å². The lowest BCUT2D eigenvalue weighted by atomic mass is 10.1. The van der Waals surface area contributed by atoms with E-state index in [1.807, 2.05) is 0 Å². The van der Waals surface area contributed by atoms with Gasteiger partial charge in [-0.1, -0.05) is 23.2 Å². The lowest BCUT2D eigenvalue weighted by Gasteiger charge is -2.18. The first-order chi connectivity index (χ1) is 15.7. The van der Waals surface area contributed by atoms with Gasteiger partial charge in [0.05, 0.1) is 16.0 Å². The zero-order chi connectivity index (χ0) is 23.9. The lowest BCUT2D eigenvalue weighted by Crippen LogP contribution is -2.17. The Hall–Kier alpha value is -3.34. The van der Waals surface area contributed by atoms with E-state index in [1.54, 1.807) is 6.92 Å². The number of nitrogen functional groups attached to an aromatic ring is 1. The van der Waals surface area contributed by atoms with E-state index in [1.165, 1.54) is 41.3 Å². The first-order valence-corrected chi connectivity index (χ1v) is 10.9. The molecule has 4 rings (SSSR count). The maximum Gasteiger partial charge on any atom is 0.412 e. The predicted molar refractivity (Wildman–Crippen MR) is 122 cm³/mol. The normalized spacial score (nSPS) is 12.0. The van der Waals surface area contributed by atoms with E-state index < -0.39 is 24.0 Å². The summed E-state index contributed by atoms with van der Waals surface area (Å²) in [6, 6.07) is 4.06. The molecule has 0 bridgehead atoms. The smallest absolute Gasteiger partial charge is 0.412 e. The Morgan fingerprint density at radius 2 is 2.06 bits per heavy atom. The molecule has 170 valence electrons. The van der Waals surface area contributed by atoms with Crippen LogP contribution in [0, 0.1) is 5.82 Å². The first kappa shape index (κ1) is 22.8. The topological polar surface area (TPSA) is 131 Å². The SMILES string of the molecule is CC(Oc1c(N)ncc2c(-c3cc(C(=O)OC(N)=O)cs3)coc12)c1c(Cl)ccc(F)c1Cl. The van der Waals surface area contributed by atoms with Crippen LogP contribution in [0.5, 0.6) is 5.75 Å². The number of amides is 1. The van der Waals surface area contributed by atoms with Crippen LogP contribution in [0.3, 0.4) is 0 Å². The molecule has 0 saturated carbocycles. The number of esters is 1. The molecular formula is C21H14Cl2FN3O5S. The van der Waals surface area contributed by atoms with Gasteiger partial charge in [-0.05, 0) is 25.1 Å². The molecule has 0 aliphatic rings. The van der Waals surface area contributed by atoms with Crippen molar-refractivity contribution in [2.75, 3.05) is 5.73 Å². The third-order valence-electron chi connectivity index (χ3n) is 4.68. The molecule has 4 N–H and O–H groups in total. The average Bonchev–Trinajstić information content (AvgIpc) is 3.40. The van der Waals surface area contributed by atoms with Crippen molar-refractivity contribution < 1.29 is 27.9 Å². The minimum atomic E-state index is -1.20. The minimum absolute atomic E-state index is 0.0378. The molecule has 1 aromatic carbocycles. The van der Waals surface area contributed by atoms with Gasteiger partial charge in [-0.3, -0.25) is 0 Å². The number of pyridine rings is 1. The summed E-state index contributed by atoms with van der Waals surface area (Å²) in [5, 5.41) is 2.11. The monoisotopic (exact) mass is 509 g/mol. The molecule has 1 amide bonds. The van der Waals surface area contributed by atoms with Crippen molar-refractivity contribution in [3.8, 4) is 16.2 Å². The number of nitrogens with zero attached hydrogens (tertiary/aromatic N) is 1. The number of benzene rings is 1. The minimum Gasteiger partial charge on any atom is -0.478 e. The van der Waals surface area contributed by atoms with Crippen LogP contribution in [-0.4, -0.2) is 17.0 Å². The Morgan fingerprint density at radius 3 is 2.79 bits per heavy atom. The highest BCUT2D eigenvalue weighted by molar-refractivity contribution is 7.14. The van der Waals surface area contributed by atoms with Crippen LogP contribution in [0.2, 0.25) is 10.0 Å². The van der Waals surface area contributed by atoms with Crippen LogP contribution in [0.25, 0.3) is 21.4 Å². The van der Waals surface area contributed by atoms with Crippen LogP contribution < -0.4 is 16.2 Å². The molecule has 1 unspecified atom stereocenters. The molecule has 0 aliphatic heterocycles. The number of halogens is 3. The van der Waals surface area contributed by atoms with Gasteiger partial charge in [0, 0.05) is 32.6 Å². The number of thiophene rings is 1. The second kappa shape index (κ2) is 8.89. The van der Waals surface area contributed by atoms with Crippen LogP contribution in [0.1, 0.15) is 28.9 Å². The Balaban J connectivity index is 1.71. The Labute approximate surface area is 199 Å². The highest BCUT2D eigenvalue weighted by Crippen LogP contribution is 2.42. The quantitative estimate of drug-likeness (QED) is 0.192. The van der Waals surface area contributed by atoms with E-state index >= 15 is 0 Å². The number of primary amides is 1. The van der Waals surface area contributed by atoms with Crippen molar-refractivity contribution >= 4 is 63.4 Å².